The van der Waals surface area contributed by atoms with Crippen molar-refractivity contribution in [1.82, 2.24) is 0 Å². The summed E-state index contributed by atoms with van der Waals surface area (Å²) in [6.07, 6.45) is 3.28. The normalized spacial score (nSPS) is 12.7. The molecule has 286 valence electrons. The molecule has 0 bridgehead atoms. The van der Waals surface area contributed by atoms with Crippen molar-refractivity contribution in [2.24, 2.45) is 0 Å². The van der Waals surface area contributed by atoms with E-state index in [2.05, 4.69) is 0 Å². The fourth-order valence-corrected chi connectivity index (χ4v) is 6.65. The zero-order chi connectivity index (χ0) is 40.5. The van der Waals surface area contributed by atoms with E-state index < -0.39 is 23.5 Å². The molecule has 0 aliphatic rings. The highest BCUT2D eigenvalue weighted by Crippen LogP contribution is 2.35. The predicted molar refractivity (Wildman–Crippen MR) is 227 cm³/mol. The first-order valence-corrected chi connectivity index (χ1v) is 18.6. The van der Waals surface area contributed by atoms with Crippen LogP contribution in [0.5, 0.6) is 0 Å². The Morgan fingerprint density at radius 3 is 0.810 bits per heavy atom. The molecule has 0 heterocycles. The van der Waals surface area contributed by atoms with E-state index in [0.29, 0.717) is 11.1 Å². The molecule has 0 nitrogen and oxygen atoms in total. The Hall–Kier alpha value is -6.92. The third-order valence-electron chi connectivity index (χ3n) is 9.69. The van der Waals surface area contributed by atoms with Gasteiger partial charge in [0.2, 0.25) is 0 Å². The van der Waals surface area contributed by atoms with Gasteiger partial charge in [-0.1, -0.05) is 182 Å². The van der Waals surface area contributed by atoms with Gasteiger partial charge < -0.3 is 0 Å². The molecular weight excluding hydrogens is 739 g/mol. The van der Waals surface area contributed by atoms with Crippen molar-refractivity contribution in [3.63, 3.8) is 0 Å². The monoisotopic (exact) mass is 774 g/mol. The lowest BCUT2D eigenvalue weighted by atomic mass is 9.93. The second kappa shape index (κ2) is 17.5. The van der Waals surface area contributed by atoms with Gasteiger partial charge in [-0.25, -0.2) is 0 Å². The summed E-state index contributed by atoms with van der Waals surface area (Å²) < 4.78 is 80.4. The van der Waals surface area contributed by atoms with Crippen molar-refractivity contribution in [3.8, 4) is 0 Å². The summed E-state index contributed by atoms with van der Waals surface area (Å²) in [5.74, 6) is 0. The van der Waals surface area contributed by atoms with E-state index >= 15 is 0 Å². The van der Waals surface area contributed by atoms with Gasteiger partial charge >= 0.3 is 12.4 Å². The van der Waals surface area contributed by atoms with Crippen LogP contribution in [0.3, 0.4) is 0 Å². The van der Waals surface area contributed by atoms with Crippen LogP contribution < -0.4 is 0 Å². The molecule has 7 rings (SSSR count). The van der Waals surface area contributed by atoms with Gasteiger partial charge in [0, 0.05) is 0 Å². The second-order valence-corrected chi connectivity index (χ2v) is 13.6. The van der Waals surface area contributed by atoms with Crippen LogP contribution in [0.25, 0.3) is 47.6 Å². The molecule has 7 aromatic rings. The van der Waals surface area contributed by atoms with E-state index in [1.807, 2.05) is 170 Å². The molecule has 0 amide bonds. The molecule has 7 aromatic carbocycles. The number of benzene rings is 7. The molecule has 0 aliphatic heterocycles. The average Bonchev–Trinajstić information content (AvgIpc) is 3.24. The molecule has 0 saturated carbocycles. The highest BCUT2D eigenvalue weighted by atomic mass is 19.4. The highest BCUT2D eigenvalue weighted by molar-refractivity contribution is 5.95. The van der Waals surface area contributed by atoms with Crippen LogP contribution in [-0.4, -0.2) is 0 Å². The summed E-state index contributed by atoms with van der Waals surface area (Å²) in [5, 5.41) is 0. The van der Waals surface area contributed by atoms with E-state index in [1.54, 1.807) is 0 Å². The van der Waals surface area contributed by atoms with Gasteiger partial charge in [-0.3, -0.25) is 0 Å². The Morgan fingerprint density at radius 1 is 0.276 bits per heavy atom. The molecule has 6 heteroatoms. The zero-order valence-corrected chi connectivity index (χ0v) is 31.1. The second-order valence-electron chi connectivity index (χ2n) is 13.6. The molecule has 58 heavy (non-hydrogen) atoms. The summed E-state index contributed by atoms with van der Waals surface area (Å²) >= 11 is 0. The zero-order valence-electron chi connectivity index (χ0n) is 31.1. The van der Waals surface area contributed by atoms with Crippen LogP contribution in [0.4, 0.5) is 26.3 Å². The van der Waals surface area contributed by atoms with Crippen LogP contribution in [0.1, 0.15) is 66.8 Å². The molecule has 0 unspecified atom stereocenters. The molecule has 0 atom stereocenters. The summed E-state index contributed by atoms with van der Waals surface area (Å²) in [6.45, 7) is 0. The number of alkyl halides is 6. The van der Waals surface area contributed by atoms with Crippen molar-refractivity contribution >= 4 is 47.6 Å². The highest BCUT2D eigenvalue weighted by Gasteiger charge is 2.31. The Morgan fingerprint density at radius 2 is 0.517 bits per heavy atom. The van der Waals surface area contributed by atoms with Gasteiger partial charge in [0.25, 0.3) is 0 Å². The van der Waals surface area contributed by atoms with Crippen molar-refractivity contribution in [2.75, 3.05) is 0 Å². The minimum atomic E-state index is -4.43. The number of rotatable bonds is 10. The quantitative estimate of drug-likeness (QED) is 0.0959. The third kappa shape index (κ3) is 9.71. The molecule has 0 N–H and O–H groups in total. The molecule has 0 spiro atoms. The molecule has 0 aliphatic carbocycles. The topological polar surface area (TPSA) is 0 Å². The Balaban J connectivity index is 1.21. The van der Waals surface area contributed by atoms with E-state index in [9.17, 15) is 26.3 Å². The summed E-state index contributed by atoms with van der Waals surface area (Å²) in [6, 6.07) is 53.3. The van der Waals surface area contributed by atoms with Crippen LogP contribution in [-0.2, 0) is 12.4 Å². The van der Waals surface area contributed by atoms with Gasteiger partial charge in [0.15, 0.2) is 0 Å². The maximum atomic E-state index is 13.4. The van der Waals surface area contributed by atoms with E-state index in [0.717, 1.165) is 79.9 Å². The maximum absolute atomic E-state index is 13.4. The third-order valence-corrected chi connectivity index (χ3v) is 9.69. The smallest absolute Gasteiger partial charge is 0.166 e. The van der Waals surface area contributed by atoms with Crippen molar-refractivity contribution in [3.05, 3.63) is 249 Å². The number of hydrogen-bond acceptors (Lipinski definition) is 0. The van der Waals surface area contributed by atoms with E-state index in [-0.39, 0.29) is 0 Å². The standard InChI is InChI=1S/C52H36F6/c53-51(54,55)47-31-27-43(28-32-47)49(41-17-3-1-4-18-41)35-45-21-11-9-15-39(45)25-23-37-13-7-8-14-38(37)24-26-40-16-10-12-22-46(40)36-50(42-19-5-2-6-20-42)44-29-33-48(34-30-44)52(56,57)58/h1-36H. The van der Waals surface area contributed by atoms with Crippen LogP contribution in [0, 0.1) is 0 Å². The molecule has 0 aromatic heterocycles. The first-order chi connectivity index (χ1) is 28.0. The lowest BCUT2D eigenvalue weighted by Crippen LogP contribution is -2.04. The summed E-state index contributed by atoms with van der Waals surface area (Å²) in [7, 11) is 0. The van der Waals surface area contributed by atoms with Crippen molar-refractivity contribution < 1.29 is 26.3 Å². The van der Waals surface area contributed by atoms with Crippen LogP contribution in [0.15, 0.2) is 182 Å². The SMILES string of the molecule is FC(F)(F)c1ccc(C(=Cc2ccccc2C=Cc2ccccc2C=Cc2ccccc2C=C(c2ccccc2)c2ccc(C(F)(F)F)cc2)c2ccccc2)cc1. The summed E-state index contributed by atoms with van der Waals surface area (Å²) in [5.41, 5.74) is 8.84. The Bertz CT molecular complexity index is 2410. The van der Waals surface area contributed by atoms with Crippen molar-refractivity contribution in [1.29, 1.82) is 0 Å². The van der Waals surface area contributed by atoms with Gasteiger partial charge in [-0.05, 0) is 103 Å². The largest absolute Gasteiger partial charge is 0.416 e. The van der Waals surface area contributed by atoms with E-state index in [1.165, 1.54) is 24.3 Å². The number of hydrogen-bond donors (Lipinski definition) is 0. The Kier molecular flexibility index (Phi) is 11.8. The minimum absolute atomic E-state index is 0.666. The molecular formula is C52H36F6. The van der Waals surface area contributed by atoms with Gasteiger partial charge in [-0.15, -0.1) is 0 Å². The lowest BCUT2D eigenvalue weighted by Gasteiger charge is -2.12. The van der Waals surface area contributed by atoms with Gasteiger partial charge in [0.1, 0.15) is 0 Å². The first kappa shape index (κ1) is 39.3. The summed E-state index contributed by atoms with van der Waals surface area (Å²) in [4.78, 5) is 0. The first-order valence-electron chi connectivity index (χ1n) is 18.6. The lowest BCUT2D eigenvalue weighted by molar-refractivity contribution is -0.138. The molecule has 0 fully saturated rings. The predicted octanol–water partition coefficient (Wildman–Crippen LogP) is 15.2. The fraction of sp³-hybridized carbons (Fsp3) is 0.0385. The van der Waals surface area contributed by atoms with Crippen molar-refractivity contribution in [2.45, 2.75) is 12.4 Å². The fourth-order valence-electron chi connectivity index (χ4n) is 6.65. The van der Waals surface area contributed by atoms with Gasteiger partial charge in [-0.2, -0.15) is 26.3 Å². The maximum Gasteiger partial charge on any atom is 0.416 e. The molecule has 0 saturated heterocycles. The minimum Gasteiger partial charge on any atom is -0.166 e. The van der Waals surface area contributed by atoms with Crippen LogP contribution >= 0.6 is 0 Å². The average molecular weight is 775 g/mol. The van der Waals surface area contributed by atoms with Gasteiger partial charge in [0.05, 0.1) is 11.1 Å². The Labute approximate surface area is 334 Å². The number of halogens is 6. The molecule has 0 radical (unpaired) electrons. The van der Waals surface area contributed by atoms with E-state index in [4.69, 9.17) is 0 Å². The van der Waals surface area contributed by atoms with Crippen LogP contribution in [0.2, 0.25) is 0 Å².